The maximum absolute atomic E-state index is 12.6. The molecule has 1 spiro atoms. The van der Waals surface area contributed by atoms with Crippen LogP contribution in [-0.4, -0.2) is 45.4 Å². The van der Waals surface area contributed by atoms with E-state index >= 15 is 0 Å². The van der Waals surface area contributed by atoms with E-state index in [-0.39, 0.29) is 23.3 Å². The first-order valence-electron chi connectivity index (χ1n) is 8.71. The fourth-order valence-corrected chi connectivity index (χ4v) is 3.85. The zero-order valence-corrected chi connectivity index (χ0v) is 14.3. The lowest BCUT2D eigenvalue weighted by Crippen LogP contribution is -2.42. The lowest BCUT2D eigenvalue weighted by atomic mass is 9.92. The highest BCUT2D eigenvalue weighted by Gasteiger charge is 2.56. The van der Waals surface area contributed by atoms with Gasteiger partial charge in [-0.05, 0) is 48.9 Å². The Balaban J connectivity index is 1.33. The number of carbonyl (C=O) groups is 2. The van der Waals surface area contributed by atoms with Crippen molar-refractivity contribution >= 4 is 11.8 Å². The molecule has 25 heavy (non-hydrogen) atoms. The molecule has 1 aliphatic carbocycles. The van der Waals surface area contributed by atoms with Crippen LogP contribution in [0.15, 0.2) is 42.9 Å². The lowest BCUT2D eigenvalue weighted by molar-refractivity contribution is 0.0658. The smallest absolute Gasteiger partial charge is 0.270 e. The zero-order valence-electron chi connectivity index (χ0n) is 14.3. The summed E-state index contributed by atoms with van der Waals surface area (Å²) in [4.78, 5) is 30.7. The molecule has 2 fully saturated rings. The van der Waals surface area contributed by atoms with Crippen molar-refractivity contribution in [3.63, 3.8) is 0 Å². The van der Waals surface area contributed by atoms with Gasteiger partial charge in [-0.25, -0.2) is 0 Å². The maximum atomic E-state index is 12.6. The molecule has 1 saturated carbocycles. The molecule has 0 aromatic carbocycles. The van der Waals surface area contributed by atoms with Crippen LogP contribution in [0.1, 0.15) is 40.1 Å². The van der Waals surface area contributed by atoms with Crippen LogP contribution in [0.4, 0.5) is 0 Å². The van der Waals surface area contributed by atoms with Gasteiger partial charge >= 0.3 is 0 Å². The van der Waals surface area contributed by atoms with Gasteiger partial charge in [-0.15, -0.1) is 0 Å². The molecule has 130 valence electrons. The first-order chi connectivity index (χ1) is 12.1. The van der Waals surface area contributed by atoms with E-state index < -0.39 is 0 Å². The Hall–Kier alpha value is -2.63. The van der Waals surface area contributed by atoms with Gasteiger partial charge in [-0.2, -0.15) is 0 Å². The topological polar surface area (TPSA) is 67.2 Å². The molecular formula is C19H22N4O2. The highest BCUT2D eigenvalue weighted by atomic mass is 16.2. The first kappa shape index (κ1) is 15.9. The van der Waals surface area contributed by atoms with Crippen molar-refractivity contribution in [3.05, 3.63) is 54.1 Å². The average molecular weight is 338 g/mol. The SMILES string of the molecule is Cn1cccc1C(=O)N1CCC2(CC1)CC2NC(=O)c1ccncc1. The van der Waals surface area contributed by atoms with Crippen LogP contribution in [0, 0.1) is 5.41 Å². The molecule has 0 bridgehead atoms. The third-order valence-electron chi connectivity index (χ3n) is 5.65. The van der Waals surface area contributed by atoms with E-state index in [2.05, 4.69) is 10.3 Å². The molecule has 1 atom stereocenters. The first-order valence-corrected chi connectivity index (χ1v) is 8.71. The Bertz CT molecular complexity index is 791. The van der Waals surface area contributed by atoms with E-state index in [1.807, 2.05) is 34.8 Å². The van der Waals surface area contributed by atoms with E-state index in [1.165, 1.54) is 0 Å². The van der Waals surface area contributed by atoms with E-state index in [0.717, 1.165) is 38.0 Å². The van der Waals surface area contributed by atoms with E-state index in [4.69, 9.17) is 0 Å². The molecule has 1 saturated heterocycles. The number of hydrogen-bond donors (Lipinski definition) is 1. The third-order valence-corrected chi connectivity index (χ3v) is 5.65. The van der Waals surface area contributed by atoms with Crippen LogP contribution >= 0.6 is 0 Å². The highest BCUT2D eigenvalue weighted by Crippen LogP contribution is 2.54. The van der Waals surface area contributed by atoms with Crippen molar-refractivity contribution in [1.29, 1.82) is 0 Å². The van der Waals surface area contributed by atoms with Crippen molar-refractivity contribution in [1.82, 2.24) is 19.8 Å². The highest BCUT2D eigenvalue weighted by molar-refractivity contribution is 5.94. The molecule has 1 N–H and O–H groups in total. The molecule has 3 heterocycles. The fourth-order valence-electron chi connectivity index (χ4n) is 3.85. The summed E-state index contributed by atoms with van der Waals surface area (Å²) in [7, 11) is 1.89. The molecule has 2 amide bonds. The Kier molecular flexibility index (Phi) is 3.82. The van der Waals surface area contributed by atoms with Gasteiger partial charge in [0, 0.05) is 50.3 Å². The summed E-state index contributed by atoms with van der Waals surface area (Å²) in [6.45, 7) is 1.51. The number of nitrogens with zero attached hydrogens (tertiary/aromatic N) is 3. The largest absolute Gasteiger partial charge is 0.349 e. The number of aryl methyl sites for hydroxylation is 1. The van der Waals surface area contributed by atoms with Crippen LogP contribution in [-0.2, 0) is 7.05 Å². The minimum Gasteiger partial charge on any atom is -0.349 e. The van der Waals surface area contributed by atoms with Crippen LogP contribution in [0.25, 0.3) is 0 Å². The molecule has 4 rings (SSSR count). The van der Waals surface area contributed by atoms with Gasteiger partial charge < -0.3 is 14.8 Å². The van der Waals surface area contributed by atoms with E-state index in [9.17, 15) is 9.59 Å². The number of hydrogen-bond acceptors (Lipinski definition) is 3. The quantitative estimate of drug-likeness (QED) is 0.929. The molecule has 1 unspecified atom stereocenters. The maximum Gasteiger partial charge on any atom is 0.270 e. The van der Waals surface area contributed by atoms with E-state index in [1.54, 1.807) is 24.5 Å². The predicted molar refractivity (Wildman–Crippen MR) is 93.1 cm³/mol. The second-order valence-electron chi connectivity index (χ2n) is 7.12. The van der Waals surface area contributed by atoms with Crippen LogP contribution in [0.2, 0.25) is 0 Å². The Labute approximate surface area is 146 Å². The van der Waals surface area contributed by atoms with Crippen molar-refractivity contribution in [3.8, 4) is 0 Å². The molecule has 2 aromatic rings. The molecule has 2 aromatic heterocycles. The van der Waals surface area contributed by atoms with Gasteiger partial charge in [0.1, 0.15) is 5.69 Å². The van der Waals surface area contributed by atoms with Gasteiger partial charge in [0.25, 0.3) is 11.8 Å². The van der Waals surface area contributed by atoms with Crippen LogP contribution in [0.5, 0.6) is 0 Å². The van der Waals surface area contributed by atoms with Crippen molar-refractivity contribution < 1.29 is 9.59 Å². The zero-order chi connectivity index (χ0) is 17.4. The normalized spacial score (nSPS) is 21.2. The summed E-state index contributed by atoms with van der Waals surface area (Å²) in [5.74, 6) is 0.0620. The lowest BCUT2D eigenvalue weighted by Gasteiger charge is -2.33. The summed E-state index contributed by atoms with van der Waals surface area (Å²) in [5.41, 5.74) is 1.55. The monoisotopic (exact) mass is 338 g/mol. The number of likely N-dealkylation sites (tertiary alicyclic amines) is 1. The molecule has 0 radical (unpaired) electrons. The standard InChI is InChI=1S/C19H22N4O2/c1-22-10-2-3-15(22)18(25)23-11-6-19(7-12-23)13-16(19)21-17(24)14-4-8-20-9-5-14/h2-5,8-10,16H,6-7,11-13H2,1H3,(H,21,24). The van der Waals surface area contributed by atoms with Crippen molar-refractivity contribution in [2.75, 3.05) is 13.1 Å². The summed E-state index contributed by atoms with van der Waals surface area (Å²) in [6.07, 6.45) is 8.06. The second kappa shape index (κ2) is 6.02. The summed E-state index contributed by atoms with van der Waals surface area (Å²) in [6, 6.07) is 7.43. The average Bonchev–Trinajstić information content (AvgIpc) is 3.09. The van der Waals surface area contributed by atoms with E-state index in [0.29, 0.717) is 5.56 Å². The second-order valence-corrected chi connectivity index (χ2v) is 7.12. The van der Waals surface area contributed by atoms with Gasteiger partial charge in [-0.3, -0.25) is 14.6 Å². The minimum atomic E-state index is -0.0356. The van der Waals surface area contributed by atoms with Crippen LogP contribution < -0.4 is 5.32 Å². The van der Waals surface area contributed by atoms with Crippen molar-refractivity contribution in [2.45, 2.75) is 25.3 Å². The number of aromatic nitrogens is 2. The predicted octanol–water partition coefficient (Wildman–Crippen LogP) is 1.84. The summed E-state index contributed by atoms with van der Waals surface area (Å²) < 4.78 is 1.86. The Morgan fingerprint density at radius 2 is 1.92 bits per heavy atom. The van der Waals surface area contributed by atoms with Crippen molar-refractivity contribution in [2.24, 2.45) is 12.5 Å². The molecule has 1 aliphatic heterocycles. The van der Waals surface area contributed by atoms with Gasteiger partial charge in [0.2, 0.25) is 0 Å². The minimum absolute atomic E-state index is 0.0356. The summed E-state index contributed by atoms with van der Waals surface area (Å²) in [5, 5.41) is 3.14. The fraction of sp³-hybridized carbons (Fsp3) is 0.421. The Morgan fingerprint density at radius 1 is 1.20 bits per heavy atom. The molecular weight excluding hydrogens is 316 g/mol. The molecule has 6 nitrogen and oxygen atoms in total. The van der Waals surface area contributed by atoms with Crippen LogP contribution in [0.3, 0.4) is 0 Å². The third kappa shape index (κ3) is 2.92. The molecule has 6 heteroatoms. The van der Waals surface area contributed by atoms with Gasteiger partial charge in [-0.1, -0.05) is 0 Å². The number of carbonyl (C=O) groups excluding carboxylic acids is 2. The van der Waals surface area contributed by atoms with Gasteiger partial charge in [0.15, 0.2) is 0 Å². The van der Waals surface area contributed by atoms with Gasteiger partial charge in [0.05, 0.1) is 0 Å². The number of nitrogens with one attached hydrogen (secondary N) is 1. The molecule has 2 aliphatic rings. The number of rotatable bonds is 3. The number of pyridine rings is 1. The number of amides is 2. The number of piperidine rings is 1. The summed E-state index contributed by atoms with van der Waals surface area (Å²) >= 11 is 0. The Morgan fingerprint density at radius 3 is 2.56 bits per heavy atom.